The standard InChI is InChI=1S/C18H22FN5O2/c19-16-4-2-1-3-14(16)11-18(25)21-6-5-20-17-12-15(13-22-23-17)24-7-9-26-10-8-24/h1-4,12-13H,5-11H2,(H,20,23)(H,21,25). The van der Waals surface area contributed by atoms with Crippen molar-refractivity contribution in [2.45, 2.75) is 6.42 Å². The third-order valence-electron chi connectivity index (χ3n) is 4.08. The van der Waals surface area contributed by atoms with Crippen LogP contribution in [0.15, 0.2) is 36.5 Å². The highest BCUT2D eigenvalue weighted by atomic mass is 19.1. The summed E-state index contributed by atoms with van der Waals surface area (Å²) in [5.74, 6) is 0.0679. The minimum atomic E-state index is -0.365. The number of hydrogen-bond donors (Lipinski definition) is 2. The molecule has 1 fully saturated rings. The first-order chi connectivity index (χ1) is 12.7. The molecule has 3 rings (SSSR count). The van der Waals surface area contributed by atoms with Crippen molar-refractivity contribution in [3.8, 4) is 0 Å². The maximum atomic E-state index is 13.5. The van der Waals surface area contributed by atoms with Crippen LogP contribution < -0.4 is 15.5 Å². The van der Waals surface area contributed by atoms with Crippen molar-refractivity contribution in [1.29, 1.82) is 0 Å². The van der Waals surface area contributed by atoms with Gasteiger partial charge in [-0.05, 0) is 11.6 Å². The number of nitrogens with zero attached hydrogens (tertiary/aromatic N) is 3. The summed E-state index contributed by atoms with van der Waals surface area (Å²) in [6, 6.07) is 8.21. The molecular weight excluding hydrogens is 337 g/mol. The maximum absolute atomic E-state index is 13.5. The number of hydrogen-bond acceptors (Lipinski definition) is 6. The molecular formula is C18H22FN5O2. The van der Waals surface area contributed by atoms with Gasteiger partial charge in [0.25, 0.3) is 0 Å². The summed E-state index contributed by atoms with van der Waals surface area (Å²) in [5.41, 5.74) is 1.39. The molecule has 138 valence electrons. The lowest BCUT2D eigenvalue weighted by Crippen LogP contribution is -2.36. The molecule has 0 spiro atoms. The van der Waals surface area contributed by atoms with Crippen molar-refractivity contribution in [2.24, 2.45) is 0 Å². The number of aromatic nitrogens is 2. The molecule has 2 heterocycles. The van der Waals surface area contributed by atoms with Gasteiger partial charge in [0.1, 0.15) is 5.82 Å². The van der Waals surface area contributed by atoms with Crippen LogP contribution in [0.5, 0.6) is 0 Å². The molecule has 2 aromatic rings. The molecule has 8 heteroatoms. The van der Waals surface area contributed by atoms with Crippen LogP contribution in [0.1, 0.15) is 5.56 Å². The van der Waals surface area contributed by atoms with Crippen molar-refractivity contribution >= 4 is 17.4 Å². The van der Waals surface area contributed by atoms with Gasteiger partial charge in [-0.1, -0.05) is 18.2 Å². The van der Waals surface area contributed by atoms with Crippen LogP contribution in [0.4, 0.5) is 15.9 Å². The molecule has 1 aromatic heterocycles. The van der Waals surface area contributed by atoms with Gasteiger partial charge in [0.05, 0.1) is 31.5 Å². The molecule has 0 bridgehead atoms. The third kappa shape index (κ3) is 5.13. The average molecular weight is 359 g/mol. The number of nitrogens with one attached hydrogen (secondary N) is 2. The topological polar surface area (TPSA) is 79.4 Å². The van der Waals surface area contributed by atoms with E-state index in [0.29, 0.717) is 37.7 Å². The highest BCUT2D eigenvalue weighted by Gasteiger charge is 2.12. The minimum Gasteiger partial charge on any atom is -0.378 e. The zero-order chi connectivity index (χ0) is 18.2. The lowest BCUT2D eigenvalue weighted by atomic mass is 10.1. The fraction of sp³-hybridized carbons (Fsp3) is 0.389. The number of carbonyl (C=O) groups is 1. The van der Waals surface area contributed by atoms with E-state index in [0.717, 1.165) is 18.8 Å². The van der Waals surface area contributed by atoms with Crippen molar-refractivity contribution in [1.82, 2.24) is 15.5 Å². The summed E-state index contributed by atoms with van der Waals surface area (Å²) in [7, 11) is 0. The number of rotatable bonds is 7. The van der Waals surface area contributed by atoms with E-state index >= 15 is 0 Å². The Morgan fingerprint density at radius 3 is 2.85 bits per heavy atom. The Labute approximate surface area is 151 Å². The minimum absolute atomic E-state index is 0.0268. The van der Waals surface area contributed by atoms with Crippen LogP contribution in [-0.4, -0.2) is 55.5 Å². The van der Waals surface area contributed by atoms with Crippen molar-refractivity contribution in [3.05, 3.63) is 47.9 Å². The van der Waals surface area contributed by atoms with Gasteiger partial charge in [-0.15, -0.1) is 5.10 Å². The molecule has 1 saturated heterocycles. The van der Waals surface area contributed by atoms with E-state index in [2.05, 4.69) is 25.7 Å². The molecule has 0 radical (unpaired) electrons. The number of carbonyl (C=O) groups excluding carboxylic acids is 1. The Balaban J connectivity index is 1.42. The Morgan fingerprint density at radius 1 is 1.23 bits per heavy atom. The monoisotopic (exact) mass is 359 g/mol. The van der Waals surface area contributed by atoms with E-state index in [1.54, 1.807) is 24.4 Å². The lowest BCUT2D eigenvalue weighted by Gasteiger charge is -2.28. The molecule has 0 saturated carbocycles. The van der Waals surface area contributed by atoms with Crippen LogP contribution >= 0.6 is 0 Å². The first-order valence-electron chi connectivity index (χ1n) is 8.62. The van der Waals surface area contributed by atoms with E-state index in [9.17, 15) is 9.18 Å². The quantitative estimate of drug-likeness (QED) is 0.724. The average Bonchev–Trinajstić information content (AvgIpc) is 2.68. The fourth-order valence-electron chi connectivity index (χ4n) is 2.71. The molecule has 0 aliphatic carbocycles. The third-order valence-corrected chi connectivity index (χ3v) is 4.08. The second-order valence-electron chi connectivity index (χ2n) is 5.94. The second-order valence-corrected chi connectivity index (χ2v) is 5.94. The summed E-state index contributed by atoms with van der Waals surface area (Å²) < 4.78 is 18.9. The molecule has 1 aromatic carbocycles. The van der Waals surface area contributed by atoms with Gasteiger partial charge >= 0.3 is 0 Å². The van der Waals surface area contributed by atoms with Crippen molar-refractivity contribution in [3.63, 3.8) is 0 Å². The Hall–Kier alpha value is -2.74. The van der Waals surface area contributed by atoms with Crippen LogP contribution in [0.3, 0.4) is 0 Å². The van der Waals surface area contributed by atoms with Crippen LogP contribution in [-0.2, 0) is 16.0 Å². The van der Waals surface area contributed by atoms with E-state index < -0.39 is 0 Å². The summed E-state index contributed by atoms with van der Waals surface area (Å²) in [4.78, 5) is 14.1. The zero-order valence-corrected chi connectivity index (χ0v) is 14.4. The number of benzene rings is 1. The highest BCUT2D eigenvalue weighted by molar-refractivity contribution is 5.78. The normalized spacial score (nSPS) is 14.1. The predicted octanol–water partition coefficient (Wildman–Crippen LogP) is 1.22. The Bertz CT molecular complexity index is 737. The number of anilines is 2. The zero-order valence-electron chi connectivity index (χ0n) is 14.4. The summed E-state index contributed by atoms with van der Waals surface area (Å²) in [5, 5.41) is 14.0. The predicted molar refractivity (Wildman–Crippen MR) is 96.7 cm³/mol. The van der Waals surface area contributed by atoms with E-state index in [1.165, 1.54) is 6.07 Å². The van der Waals surface area contributed by atoms with Crippen molar-refractivity contribution in [2.75, 3.05) is 49.6 Å². The molecule has 26 heavy (non-hydrogen) atoms. The first kappa shape index (κ1) is 18.1. The largest absolute Gasteiger partial charge is 0.378 e. The van der Waals surface area contributed by atoms with Crippen LogP contribution in [0.2, 0.25) is 0 Å². The fourth-order valence-corrected chi connectivity index (χ4v) is 2.71. The van der Waals surface area contributed by atoms with Gasteiger partial charge in [0.15, 0.2) is 5.82 Å². The van der Waals surface area contributed by atoms with Gasteiger partial charge in [-0.2, -0.15) is 5.10 Å². The summed E-state index contributed by atoms with van der Waals surface area (Å²) in [6.07, 6.45) is 1.76. The van der Waals surface area contributed by atoms with Crippen LogP contribution in [0.25, 0.3) is 0 Å². The van der Waals surface area contributed by atoms with Crippen LogP contribution in [0, 0.1) is 5.82 Å². The lowest BCUT2D eigenvalue weighted by molar-refractivity contribution is -0.120. The van der Waals surface area contributed by atoms with Gasteiger partial charge in [-0.3, -0.25) is 4.79 Å². The second kappa shape index (κ2) is 9.10. The molecule has 7 nitrogen and oxygen atoms in total. The number of amides is 1. The molecule has 0 atom stereocenters. The summed E-state index contributed by atoms with van der Waals surface area (Å²) in [6.45, 7) is 3.99. The molecule has 1 aliphatic rings. The molecule has 0 unspecified atom stereocenters. The molecule has 1 amide bonds. The maximum Gasteiger partial charge on any atom is 0.224 e. The van der Waals surface area contributed by atoms with Crippen molar-refractivity contribution < 1.29 is 13.9 Å². The molecule has 2 N–H and O–H groups in total. The van der Waals surface area contributed by atoms with E-state index in [1.807, 2.05) is 6.07 Å². The number of halogens is 1. The van der Waals surface area contributed by atoms with Gasteiger partial charge < -0.3 is 20.3 Å². The first-order valence-corrected chi connectivity index (χ1v) is 8.62. The number of morpholine rings is 1. The Morgan fingerprint density at radius 2 is 2.04 bits per heavy atom. The van der Waals surface area contributed by atoms with Gasteiger partial charge in [0, 0.05) is 32.2 Å². The molecule has 1 aliphatic heterocycles. The van der Waals surface area contributed by atoms with Gasteiger partial charge in [0.2, 0.25) is 5.91 Å². The van der Waals surface area contributed by atoms with E-state index in [-0.39, 0.29) is 18.1 Å². The summed E-state index contributed by atoms with van der Waals surface area (Å²) >= 11 is 0. The number of ether oxygens (including phenoxy) is 1. The van der Waals surface area contributed by atoms with Gasteiger partial charge in [-0.25, -0.2) is 4.39 Å². The Kier molecular flexibility index (Phi) is 6.32. The SMILES string of the molecule is O=C(Cc1ccccc1F)NCCNc1cc(N2CCOCC2)cnn1. The smallest absolute Gasteiger partial charge is 0.224 e. The highest BCUT2D eigenvalue weighted by Crippen LogP contribution is 2.16. The van der Waals surface area contributed by atoms with E-state index in [4.69, 9.17) is 4.74 Å².